The van der Waals surface area contributed by atoms with E-state index in [2.05, 4.69) is 15.0 Å². The zero-order valence-electron chi connectivity index (χ0n) is 8.00. The summed E-state index contributed by atoms with van der Waals surface area (Å²) in [7, 11) is 1.68. The van der Waals surface area contributed by atoms with Gasteiger partial charge >= 0.3 is 6.18 Å². The van der Waals surface area contributed by atoms with Crippen molar-refractivity contribution in [1.29, 1.82) is 0 Å². The van der Waals surface area contributed by atoms with E-state index in [4.69, 9.17) is 0 Å². The monoisotopic (exact) mass is 216 g/mol. The predicted octanol–water partition coefficient (Wildman–Crippen LogP) is 1.64. The van der Waals surface area contributed by atoms with Gasteiger partial charge in [0.25, 0.3) is 0 Å². The highest BCUT2D eigenvalue weighted by molar-refractivity contribution is 5.50. The van der Waals surface area contributed by atoms with E-state index in [1.807, 2.05) is 0 Å². The molecule has 4 nitrogen and oxygen atoms in total. The summed E-state index contributed by atoms with van der Waals surface area (Å²) >= 11 is 0. The summed E-state index contributed by atoms with van der Waals surface area (Å²) in [5.74, 6) is -0.537. The third-order valence-electron chi connectivity index (χ3n) is 2.01. The highest BCUT2D eigenvalue weighted by Gasteiger charge is 2.37. The molecule has 0 fully saturated rings. The van der Waals surface area contributed by atoms with Crippen molar-refractivity contribution >= 4 is 0 Å². The molecule has 2 heterocycles. The van der Waals surface area contributed by atoms with Gasteiger partial charge in [-0.25, -0.2) is 15.0 Å². The largest absolute Gasteiger partial charge is 0.451 e. The molecule has 0 aromatic heterocycles. The van der Waals surface area contributed by atoms with Crippen molar-refractivity contribution in [3.63, 3.8) is 0 Å². The first-order chi connectivity index (χ1) is 6.88. The van der Waals surface area contributed by atoms with Crippen LogP contribution >= 0.6 is 0 Å². The normalized spacial score (nSPS) is 12.3. The fourth-order valence-electron chi connectivity index (χ4n) is 1.15. The minimum absolute atomic E-state index is 0.0259. The molecule has 0 aromatic rings. The van der Waals surface area contributed by atoms with Crippen LogP contribution in [-0.2, 0) is 13.2 Å². The molecule has 0 amide bonds. The number of alkyl halides is 3. The molecule has 0 unspecified atom stereocenters. The van der Waals surface area contributed by atoms with Gasteiger partial charge in [0, 0.05) is 13.2 Å². The van der Waals surface area contributed by atoms with Gasteiger partial charge in [-0.15, -0.1) is 0 Å². The van der Waals surface area contributed by atoms with Gasteiger partial charge in [-0.05, 0) is 6.92 Å². The fraction of sp³-hybridized carbons (Fsp3) is 0.375. The van der Waals surface area contributed by atoms with Crippen molar-refractivity contribution in [3.8, 4) is 11.5 Å². The van der Waals surface area contributed by atoms with Crippen molar-refractivity contribution < 1.29 is 13.2 Å². The highest BCUT2D eigenvalue weighted by Crippen LogP contribution is 2.29. The Hall–Kier alpha value is -1.66. The lowest BCUT2D eigenvalue weighted by Gasteiger charge is -2.03. The first kappa shape index (κ1) is 9.88. The van der Waals surface area contributed by atoms with Crippen molar-refractivity contribution in [2.45, 2.75) is 13.1 Å². The van der Waals surface area contributed by atoms with Gasteiger partial charge in [-0.3, -0.25) is 0 Å². The zero-order chi connectivity index (χ0) is 11.2. The molecule has 2 aliphatic heterocycles. The summed E-state index contributed by atoms with van der Waals surface area (Å²) in [5, 5.41) is 0. The molecule has 2 rings (SSSR count). The van der Waals surface area contributed by atoms with Gasteiger partial charge in [-0.2, -0.15) is 13.2 Å². The average Bonchev–Trinajstić information content (AvgIpc) is 2.47. The molecule has 80 valence electrons. The summed E-state index contributed by atoms with van der Waals surface area (Å²) in [6, 6.07) is 0. The Labute approximate surface area is 83.1 Å². The third-order valence-corrected chi connectivity index (χ3v) is 2.01. The SMILES string of the molecule is Cc1nc2nc(C(F)(F)F)nc-2cn1C. The van der Waals surface area contributed by atoms with E-state index in [0.29, 0.717) is 5.82 Å². The first-order valence-electron chi connectivity index (χ1n) is 4.13. The first-order valence-corrected chi connectivity index (χ1v) is 4.13. The molecular weight excluding hydrogens is 209 g/mol. The zero-order valence-corrected chi connectivity index (χ0v) is 8.00. The lowest BCUT2D eigenvalue weighted by Crippen LogP contribution is -2.06. The predicted molar refractivity (Wildman–Crippen MR) is 45.2 cm³/mol. The maximum absolute atomic E-state index is 12.3. The standard InChI is InChI=1S/C8H7F3N4/c1-4-12-6-5(3-15(4)2)13-7(14-6)8(9,10)11/h3H,1-2H3. The molecule has 0 radical (unpaired) electrons. The molecule has 0 aromatic carbocycles. The van der Waals surface area contributed by atoms with Gasteiger partial charge in [0.2, 0.25) is 5.82 Å². The van der Waals surface area contributed by atoms with Crippen molar-refractivity contribution in [1.82, 2.24) is 19.5 Å². The quantitative estimate of drug-likeness (QED) is 0.672. The number of nitrogens with zero attached hydrogens (tertiary/aromatic N) is 4. The van der Waals surface area contributed by atoms with Crippen LogP contribution in [0.25, 0.3) is 11.5 Å². The molecule has 0 aliphatic carbocycles. The van der Waals surface area contributed by atoms with Crippen molar-refractivity contribution in [3.05, 3.63) is 17.8 Å². The summed E-state index contributed by atoms with van der Waals surface area (Å²) in [4.78, 5) is 10.6. The summed E-state index contributed by atoms with van der Waals surface area (Å²) in [6.07, 6.45) is -3.05. The van der Waals surface area contributed by atoms with E-state index in [1.54, 1.807) is 18.5 Å². The number of halogens is 3. The van der Waals surface area contributed by atoms with E-state index < -0.39 is 12.0 Å². The molecule has 0 N–H and O–H groups in total. The molecule has 7 heteroatoms. The Morgan fingerprint density at radius 2 is 1.87 bits per heavy atom. The van der Waals surface area contributed by atoms with Crippen LogP contribution in [0.4, 0.5) is 13.2 Å². The second-order valence-corrected chi connectivity index (χ2v) is 3.15. The number of imidazole rings is 1. The van der Waals surface area contributed by atoms with E-state index >= 15 is 0 Å². The number of hydrogen-bond donors (Lipinski definition) is 0. The third kappa shape index (κ3) is 1.64. The van der Waals surface area contributed by atoms with Crippen LogP contribution < -0.4 is 0 Å². The van der Waals surface area contributed by atoms with Crippen LogP contribution in [0.1, 0.15) is 11.6 Å². The van der Waals surface area contributed by atoms with Gasteiger partial charge in [0.05, 0.1) is 0 Å². The van der Waals surface area contributed by atoms with Gasteiger partial charge in [0.15, 0.2) is 5.82 Å². The summed E-state index contributed by atoms with van der Waals surface area (Å²) in [5.41, 5.74) is 0.149. The number of aromatic nitrogens is 4. The molecule has 15 heavy (non-hydrogen) atoms. The second-order valence-electron chi connectivity index (χ2n) is 3.15. The summed E-state index contributed by atoms with van der Waals surface area (Å²) in [6.45, 7) is 1.68. The van der Waals surface area contributed by atoms with Crippen LogP contribution in [0.2, 0.25) is 0 Å². The second kappa shape index (κ2) is 2.91. The summed E-state index contributed by atoms with van der Waals surface area (Å²) < 4.78 is 38.4. The van der Waals surface area contributed by atoms with Crippen LogP contribution in [0.5, 0.6) is 0 Å². The molecule has 0 atom stereocenters. The van der Waals surface area contributed by atoms with Crippen LogP contribution in [-0.4, -0.2) is 19.5 Å². The topological polar surface area (TPSA) is 43.6 Å². The Balaban J connectivity index is 2.63. The maximum Gasteiger partial charge on any atom is 0.451 e. The maximum atomic E-state index is 12.3. The number of fused-ring (bicyclic) bond motifs is 1. The molecule has 0 saturated heterocycles. The fourth-order valence-corrected chi connectivity index (χ4v) is 1.15. The minimum Gasteiger partial charge on any atom is -0.337 e. The number of aryl methyl sites for hydroxylation is 2. The van der Waals surface area contributed by atoms with E-state index in [0.717, 1.165) is 0 Å². The molecular formula is C8H7F3N4. The van der Waals surface area contributed by atoms with E-state index in [1.165, 1.54) is 6.20 Å². The molecule has 2 aliphatic rings. The average molecular weight is 216 g/mol. The Bertz CT molecular complexity index is 438. The number of hydrogen-bond acceptors (Lipinski definition) is 3. The molecule has 0 saturated carbocycles. The lowest BCUT2D eigenvalue weighted by atomic mass is 10.4. The lowest BCUT2D eigenvalue weighted by molar-refractivity contribution is -0.144. The van der Waals surface area contributed by atoms with Gasteiger partial charge < -0.3 is 4.57 Å². The molecule has 0 bridgehead atoms. The Morgan fingerprint density at radius 1 is 1.20 bits per heavy atom. The minimum atomic E-state index is -4.52. The molecule has 0 spiro atoms. The van der Waals surface area contributed by atoms with Gasteiger partial charge in [-0.1, -0.05) is 0 Å². The Kier molecular flexibility index (Phi) is 1.92. The van der Waals surface area contributed by atoms with E-state index in [-0.39, 0.29) is 11.5 Å². The van der Waals surface area contributed by atoms with Crippen LogP contribution in [0.15, 0.2) is 6.20 Å². The van der Waals surface area contributed by atoms with Gasteiger partial charge in [0.1, 0.15) is 11.5 Å². The van der Waals surface area contributed by atoms with Crippen LogP contribution in [0, 0.1) is 6.92 Å². The Morgan fingerprint density at radius 3 is 2.47 bits per heavy atom. The highest BCUT2D eigenvalue weighted by atomic mass is 19.4. The smallest absolute Gasteiger partial charge is 0.337 e. The van der Waals surface area contributed by atoms with Crippen LogP contribution in [0.3, 0.4) is 0 Å². The van der Waals surface area contributed by atoms with E-state index in [9.17, 15) is 13.2 Å². The van der Waals surface area contributed by atoms with Crippen molar-refractivity contribution in [2.75, 3.05) is 0 Å². The number of rotatable bonds is 0. The van der Waals surface area contributed by atoms with Crippen molar-refractivity contribution in [2.24, 2.45) is 7.05 Å².